The summed E-state index contributed by atoms with van der Waals surface area (Å²) in [6.45, 7) is 3.78. The van der Waals surface area contributed by atoms with Crippen molar-refractivity contribution in [2.24, 2.45) is 5.92 Å². The van der Waals surface area contributed by atoms with Crippen molar-refractivity contribution in [1.29, 1.82) is 0 Å². The van der Waals surface area contributed by atoms with Crippen molar-refractivity contribution in [3.05, 3.63) is 0 Å². The molecule has 1 heterocycles. The zero-order chi connectivity index (χ0) is 23.1. The summed E-state index contributed by atoms with van der Waals surface area (Å²) in [4.78, 5) is 35.0. The molecule has 0 saturated carbocycles. The van der Waals surface area contributed by atoms with Crippen molar-refractivity contribution < 1.29 is 27.9 Å². The molecule has 0 aromatic heterocycles. The summed E-state index contributed by atoms with van der Waals surface area (Å²) < 4.78 is 25.8. The monoisotopic (exact) mass is 462 g/mol. The van der Waals surface area contributed by atoms with Gasteiger partial charge in [0, 0.05) is 25.9 Å². The Balaban J connectivity index is 2.17. The molecule has 0 aromatic carbocycles. The van der Waals surface area contributed by atoms with Gasteiger partial charge in [0.15, 0.2) is 0 Å². The van der Waals surface area contributed by atoms with Crippen LogP contribution in [0.1, 0.15) is 64.7 Å². The lowest BCUT2D eigenvalue weighted by Gasteiger charge is -2.22. The molecule has 0 radical (unpaired) electrons. The molecule has 0 spiro atoms. The number of unbranched alkanes of at least 4 members (excludes halogenated alkanes) is 2. The minimum absolute atomic E-state index is 0.00423. The van der Waals surface area contributed by atoms with Gasteiger partial charge in [0.1, 0.15) is 6.04 Å². The van der Waals surface area contributed by atoms with Crippen LogP contribution in [0.4, 0.5) is 0 Å². The Kier molecular flexibility index (Phi) is 13.3. The average molecular weight is 463 g/mol. The van der Waals surface area contributed by atoms with Gasteiger partial charge in [0.2, 0.25) is 21.8 Å². The van der Waals surface area contributed by atoms with E-state index in [0.29, 0.717) is 19.3 Å². The fraction of sp³-hybridized carbons (Fsp3) is 0.850. The lowest BCUT2D eigenvalue weighted by atomic mass is 9.92. The summed E-state index contributed by atoms with van der Waals surface area (Å²) in [6.07, 6.45) is 6.89. The maximum Gasteiger partial charge on any atom is 0.323 e. The van der Waals surface area contributed by atoms with Crippen molar-refractivity contribution in [1.82, 2.24) is 20.7 Å². The Morgan fingerprint density at radius 2 is 1.71 bits per heavy atom. The SMILES string of the molecule is CCCCS(=O)(=O)NC(CNC(=O)CCNC(=O)CCCCC1CCNCC1)C(=O)O. The van der Waals surface area contributed by atoms with E-state index < -0.39 is 27.9 Å². The van der Waals surface area contributed by atoms with Crippen LogP contribution in [-0.2, 0) is 24.4 Å². The highest BCUT2D eigenvalue weighted by Gasteiger charge is 2.24. The molecule has 1 saturated heterocycles. The standard InChI is InChI=1S/C20H38N4O6S/c1-2-3-14-31(29,30)24-17(20(27)28)15-23-19(26)10-13-22-18(25)7-5-4-6-16-8-11-21-12-9-16/h16-17,21,24H,2-15H2,1H3,(H,22,25)(H,23,26)(H,27,28). The van der Waals surface area contributed by atoms with E-state index in [1.165, 1.54) is 12.8 Å². The fourth-order valence-electron chi connectivity index (χ4n) is 3.39. The third-order valence-corrected chi connectivity index (χ3v) is 6.76. The van der Waals surface area contributed by atoms with Crippen LogP contribution in [0, 0.1) is 5.92 Å². The molecular formula is C20H38N4O6S. The summed E-state index contributed by atoms with van der Waals surface area (Å²) in [5.41, 5.74) is 0. The smallest absolute Gasteiger partial charge is 0.323 e. The van der Waals surface area contributed by atoms with Crippen molar-refractivity contribution >= 4 is 27.8 Å². The van der Waals surface area contributed by atoms with Gasteiger partial charge in [-0.2, -0.15) is 4.72 Å². The van der Waals surface area contributed by atoms with Crippen LogP contribution in [0.3, 0.4) is 0 Å². The molecule has 31 heavy (non-hydrogen) atoms. The molecule has 1 rings (SSSR count). The van der Waals surface area contributed by atoms with Crippen LogP contribution in [-0.4, -0.2) is 69.3 Å². The van der Waals surface area contributed by atoms with E-state index in [-0.39, 0.29) is 31.2 Å². The molecule has 180 valence electrons. The average Bonchev–Trinajstić information content (AvgIpc) is 2.73. The second kappa shape index (κ2) is 15.1. The fourth-order valence-corrected chi connectivity index (χ4v) is 4.79. The van der Waals surface area contributed by atoms with Gasteiger partial charge >= 0.3 is 5.97 Å². The summed E-state index contributed by atoms with van der Waals surface area (Å²) in [5, 5.41) is 17.6. The topological polar surface area (TPSA) is 154 Å². The highest BCUT2D eigenvalue weighted by atomic mass is 32.2. The van der Waals surface area contributed by atoms with E-state index in [1.54, 1.807) is 0 Å². The van der Waals surface area contributed by atoms with Crippen LogP contribution < -0.4 is 20.7 Å². The van der Waals surface area contributed by atoms with Crippen LogP contribution in [0.25, 0.3) is 0 Å². The first-order chi connectivity index (χ1) is 14.7. The summed E-state index contributed by atoms with van der Waals surface area (Å²) in [5.74, 6) is -1.34. The molecule has 0 bridgehead atoms. The molecular weight excluding hydrogens is 424 g/mol. The largest absolute Gasteiger partial charge is 0.480 e. The summed E-state index contributed by atoms with van der Waals surface area (Å²) in [7, 11) is -3.72. The van der Waals surface area contributed by atoms with Gasteiger partial charge in [-0.1, -0.05) is 26.2 Å². The first-order valence-electron chi connectivity index (χ1n) is 11.2. The number of sulfonamides is 1. The van der Waals surface area contributed by atoms with Gasteiger partial charge in [0.05, 0.1) is 5.75 Å². The van der Waals surface area contributed by atoms with E-state index in [0.717, 1.165) is 38.3 Å². The molecule has 0 aromatic rings. The zero-order valence-electron chi connectivity index (χ0n) is 18.5. The molecule has 1 aliphatic heterocycles. The maximum atomic E-state index is 11.9. The number of hydrogen-bond donors (Lipinski definition) is 5. The minimum atomic E-state index is -3.72. The molecule has 0 aliphatic carbocycles. The predicted molar refractivity (Wildman–Crippen MR) is 118 cm³/mol. The van der Waals surface area contributed by atoms with Crippen LogP contribution in [0.5, 0.6) is 0 Å². The lowest BCUT2D eigenvalue weighted by molar-refractivity contribution is -0.138. The van der Waals surface area contributed by atoms with Crippen LogP contribution in [0.2, 0.25) is 0 Å². The Bertz CT molecular complexity index is 665. The number of aliphatic carboxylic acids is 1. The van der Waals surface area contributed by atoms with Gasteiger partial charge in [-0.3, -0.25) is 14.4 Å². The van der Waals surface area contributed by atoms with Crippen molar-refractivity contribution in [3.63, 3.8) is 0 Å². The summed E-state index contributed by atoms with van der Waals surface area (Å²) in [6, 6.07) is -1.43. The van der Waals surface area contributed by atoms with Crippen LogP contribution in [0.15, 0.2) is 0 Å². The molecule has 1 fully saturated rings. The zero-order valence-corrected chi connectivity index (χ0v) is 19.3. The molecule has 1 aliphatic rings. The van der Waals surface area contributed by atoms with Crippen molar-refractivity contribution in [3.8, 4) is 0 Å². The van der Waals surface area contributed by atoms with Gasteiger partial charge in [-0.25, -0.2) is 8.42 Å². The third kappa shape index (κ3) is 13.3. The number of carbonyl (C=O) groups excluding carboxylic acids is 2. The number of carboxylic acid groups (broad SMARTS) is 1. The van der Waals surface area contributed by atoms with Crippen molar-refractivity contribution in [2.75, 3.05) is 31.9 Å². The highest BCUT2D eigenvalue weighted by Crippen LogP contribution is 2.19. The normalized spacial score (nSPS) is 15.9. The highest BCUT2D eigenvalue weighted by molar-refractivity contribution is 7.89. The molecule has 5 N–H and O–H groups in total. The van der Waals surface area contributed by atoms with E-state index in [1.807, 2.05) is 6.92 Å². The van der Waals surface area contributed by atoms with E-state index in [2.05, 4.69) is 20.7 Å². The number of nitrogens with one attached hydrogen (secondary N) is 4. The Morgan fingerprint density at radius 3 is 2.35 bits per heavy atom. The number of carboxylic acids is 1. The molecule has 10 nitrogen and oxygen atoms in total. The minimum Gasteiger partial charge on any atom is -0.480 e. The second-order valence-corrected chi connectivity index (χ2v) is 9.90. The van der Waals surface area contributed by atoms with E-state index in [9.17, 15) is 27.9 Å². The second-order valence-electron chi connectivity index (χ2n) is 8.02. The number of hydrogen-bond acceptors (Lipinski definition) is 6. The van der Waals surface area contributed by atoms with E-state index >= 15 is 0 Å². The lowest BCUT2D eigenvalue weighted by Crippen LogP contribution is -2.49. The van der Waals surface area contributed by atoms with Gasteiger partial charge in [-0.15, -0.1) is 0 Å². The first kappa shape index (κ1) is 27.3. The number of piperidine rings is 1. The van der Waals surface area contributed by atoms with E-state index in [4.69, 9.17) is 0 Å². The predicted octanol–water partition coefficient (Wildman–Crippen LogP) is 0.342. The number of amides is 2. The number of rotatable bonds is 16. The van der Waals surface area contributed by atoms with Crippen LogP contribution >= 0.6 is 0 Å². The Hall–Kier alpha value is -1.72. The first-order valence-corrected chi connectivity index (χ1v) is 12.9. The molecule has 1 unspecified atom stereocenters. The Morgan fingerprint density at radius 1 is 1.03 bits per heavy atom. The van der Waals surface area contributed by atoms with Gasteiger partial charge in [0.25, 0.3) is 0 Å². The molecule has 11 heteroatoms. The molecule has 1 atom stereocenters. The summed E-state index contributed by atoms with van der Waals surface area (Å²) >= 11 is 0. The van der Waals surface area contributed by atoms with Gasteiger partial charge < -0.3 is 21.1 Å². The van der Waals surface area contributed by atoms with Gasteiger partial charge in [-0.05, 0) is 44.7 Å². The third-order valence-electron chi connectivity index (χ3n) is 5.29. The maximum absolute atomic E-state index is 11.9. The quantitative estimate of drug-likeness (QED) is 0.207. The molecule has 2 amide bonds. The van der Waals surface area contributed by atoms with Crippen molar-refractivity contribution in [2.45, 2.75) is 70.8 Å². The Labute approximate surface area is 185 Å². The number of carbonyl (C=O) groups is 3.